The van der Waals surface area contributed by atoms with Crippen molar-refractivity contribution in [2.75, 3.05) is 12.4 Å². The number of aryl methyl sites for hydroxylation is 1. The number of hydrogen-bond acceptors (Lipinski definition) is 7. The third kappa shape index (κ3) is 3.18. The zero-order valence-corrected chi connectivity index (χ0v) is 15.7. The molecule has 0 fully saturated rings. The minimum Gasteiger partial charge on any atom is -0.497 e. The minimum absolute atomic E-state index is 0.291. The molecule has 144 valence electrons. The lowest BCUT2D eigenvalue weighted by Crippen LogP contribution is -1.91. The Kier molecular flexibility index (Phi) is 3.98. The smallest absolute Gasteiger partial charge is 0.320 e. The number of fused-ring (bicyclic) bond motifs is 1. The molecule has 0 saturated carbocycles. The Bertz CT molecular complexity index is 1300. The second-order valence-electron chi connectivity index (χ2n) is 6.49. The van der Waals surface area contributed by atoms with E-state index in [-0.39, 0.29) is 0 Å². The number of anilines is 2. The molecule has 5 rings (SSSR count). The van der Waals surface area contributed by atoms with Crippen LogP contribution in [-0.4, -0.2) is 37.1 Å². The molecular formula is C20H17N7O2. The van der Waals surface area contributed by atoms with E-state index in [1.165, 1.54) is 0 Å². The molecule has 0 radical (unpaired) electrons. The Morgan fingerprint density at radius 2 is 2.07 bits per heavy atom. The molecular weight excluding hydrogens is 370 g/mol. The fourth-order valence-electron chi connectivity index (χ4n) is 3.12. The van der Waals surface area contributed by atoms with Crippen molar-refractivity contribution in [1.29, 1.82) is 0 Å². The second kappa shape index (κ2) is 6.79. The summed E-state index contributed by atoms with van der Waals surface area (Å²) < 4.78 is 12.8. The van der Waals surface area contributed by atoms with E-state index in [0.717, 1.165) is 39.2 Å². The number of pyridine rings is 1. The maximum Gasteiger partial charge on any atom is 0.320 e. The van der Waals surface area contributed by atoms with Crippen molar-refractivity contribution in [2.24, 2.45) is 7.05 Å². The van der Waals surface area contributed by atoms with Gasteiger partial charge in [-0.1, -0.05) is 11.2 Å². The Morgan fingerprint density at radius 3 is 2.90 bits per heavy atom. The first-order chi connectivity index (χ1) is 14.2. The number of hydrogen-bond donors (Lipinski definition) is 2. The van der Waals surface area contributed by atoms with E-state index in [9.17, 15) is 0 Å². The molecule has 9 heteroatoms. The van der Waals surface area contributed by atoms with Gasteiger partial charge in [-0.2, -0.15) is 5.10 Å². The predicted octanol–water partition coefficient (Wildman–Crippen LogP) is 3.77. The minimum atomic E-state index is 0.291. The molecule has 0 aliphatic heterocycles. The first-order valence-corrected chi connectivity index (χ1v) is 8.91. The van der Waals surface area contributed by atoms with E-state index in [2.05, 4.69) is 30.6 Å². The van der Waals surface area contributed by atoms with Crippen molar-refractivity contribution in [1.82, 2.24) is 29.9 Å². The van der Waals surface area contributed by atoms with Gasteiger partial charge in [0.25, 0.3) is 5.89 Å². The first kappa shape index (κ1) is 17.0. The normalized spacial score (nSPS) is 11.1. The van der Waals surface area contributed by atoms with Crippen molar-refractivity contribution >= 4 is 22.7 Å². The molecule has 9 nitrogen and oxygen atoms in total. The summed E-state index contributed by atoms with van der Waals surface area (Å²) in [6.07, 6.45) is 7.37. The van der Waals surface area contributed by atoms with Crippen molar-refractivity contribution in [3.05, 3.63) is 55.1 Å². The van der Waals surface area contributed by atoms with Crippen molar-refractivity contribution in [3.63, 3.8) is 0 Å². The van der Waals surface area contributed by atoms with Crippen LogP contribution >= 0.6 is 0 Å². The van der Waals surface area contributed by atoms with Crippen LogP contribution < -0.4 is 10.1 Å². The Hall–Kier alpha value is -4.14. The van der Waals surface area contributed by atoms with Crippen molar-refractivity contribution in [3.8, 4) is 28.3 Å². The summed E-state index contributed by atoms with van der Waals surface area (Å²) in [5, 5.41) is 16.5. The van der Waals surface area contributed by atoms with Gasteiger partial charge < -0.3 is 19.5 Å². The van der Waals surface area contributed by atoms with Gasteiger partial charge in [-0.05, 0) is 18.2 Å². The summed E-state index contributed by atoms with van der Waals surface area (Å²) >= 11 is 0. The number of benzene rings is 1. The SMILES string of the molecule is COc1cccc(Nc2nnc(-c3c[nH]c4ncc(-c5cnn(C)c5)cc34)o2)c1. The molecule has 0 bridgehead atoms. The Labute approximate surface area is 165 Å². The number of rotatable bonds is 5. The molecule has 0 unspecified atom stereocenters. The summed E-state index contributed by atoms with van der Waals surface area (Å²) in [6, 6.07) is 9.80. The van der Waals surface area contributed by atoms with Crippen LogP contribution in [0.4, 0.5) is 11.7 Å². The van der Waals surface area contributed by atoms with Crippen LogP contribution in [0.25, 0.3) is 33.6 Å². The fraction of sp³-hybridized carbons (Fsp3) is 0.100. The molecule has 2 N–H and O–H groups in total. The van der Waals surface area contributed by atoms with Crippen molar-refractivity contribution in [2.45, 2.75) is 0 Å². The maximum absolute atomic E-state index is 5.82. The number of nitrogens with zero attached hydrogens (tertiary/aromatic N) is 5. The quantitative estimate of drug-likeness (QED) is 0.473. The lowest BCUT2D eigenvalue weighted by Gasteiger charge is -2.03. The van der Waals surface area contributed by atoms with E-state index < -0.39 is 0 Å². The van der Waals surface area contributed by atoms with E-state index in [1.807, 2.05) is 56.0 Å². The molecule has 0 aliphatic carbocycles. The van der Waals surface area contributed by atoms with Gasteiger partial charge >= 0.3 is 6.01 Å². The molecule has 0 saturated heterocycles. The number of ether oxygens (including phenoxy) is 1. The lowest BCUT2D eigenvalue weighted by molar-refractivity contribution is 0.415. The number of aromatic amines is 1. The zero-order chi connectivity index (χ0) is 19.8. The summed E-state index contributed by atoms with van der Waals surface area (Å²) in [5.74, 6) is 1.13. The largest absolute Gasteiger partial charge is 0.497 e. The number of aromatic nitrogens is 6. The molecule has 0 atom stereocenters. The molecule has 0 spiro atoms. The molecule has 4 heterocycles. The average Bonchev–Trinajstić information content (AvgIpc) is 3.47. The topological polar surface area (TPSA) is 107 Å². The molecule has 0 aliphatic rings. The van der Waals surface area contributed by atoms with E-state index >= 15 is 0 Å². The number of methoxy groups -OCH3 is 1. The third-order valence-corrected chi connectivity index (χ3v) is 4.55. The van der Waals surface area contributed by atoms with Crippen LogP contribution in [0.2, 0.25) is 0 Å². The second-order valence-corrected chi connectivity index (χ2v) is 6.49. The summed E-state index contributed by atoms with van der Waals surface area (Å²) in [7, 11) is 3.50. The summed E-state index contributed by atoms with van der Waals surface area (Å²) in [5.41, 5.74) is 4.26. The molecule has 0 amide bonds. The van der Waals surface area contributed by atoms with Gasteiger partial charge in [0.2, 0.25) is 0 Å². The van der Waals surface area contributed by atoms with Gasteiger partial charge in [-0.25, -0.2) is 4.98 Å². The Morgan fingerprint density at radius 1 is 1.14 bits per heavy atom. The highest BCUT2D eigenvalue weighted by atomic mass is 16.5. The lowest BCUT2D eigenvalue weighted by atomic mass is 10.1. The van der Waals surface area contributed by atoms with Crippen LogP contribution in [0.15, 0.2) is 59.5 Å². The Balaban J connectivity index is 1.48. The standard InChI is InChI=1S/C20H17N7O2/c1-27-11-13(9-23-27)12-6-16-17(10-22-18(16)21-8-12)19-25-26-20(29-19)24-14-4-3-5-15(7-14)28-2/h3-11H,1-2H3,(H,21,22)(H,24,26). The summed E-state index contributed by atoms with van der Waals surface area (Å²) in [6.45, 7) is 0. The number of H-pyrrole nitrogens is 1. The van der Waals surface area contributed by atoms with E-state index in [0.29, 0.717) is 11.9 Å². The highest BCUT2D eigenvalue weighted by molar-refractivity contribution is 5.93. The van der Waals surface area contributed by atoms with Gasteiger partial charge in [0.15, 0.2) is 0 Å². The first-order valence-electron chi connectivity index (χ1n) is 8.91. The van der Waals surface area contributed by atoms with E-state index in [4.69, 9.17) is 9.15 Å². The highest BCUT2D eigenvalue weighted by Gasteiger charge is 2.15. The predicted molar refractivity (Wildman–Crippen MR) is 108 cm³/mol. The van der Waals surface area contributed by atoms with Crippen molar-refractivity contribution < 1.29 is 9.15 Å². The number of nitrogens with one attached hydrogen (secondary N) is 2. The van der Waals surface area contributed by atoms with Gasteiger partial charge in [-0.15, -0.1) is 5.10 Å². The van der Waals surface area contributed by atoms with Crippen LogP contribution in [0.1, 0.15) is 0 Å². The van der Waals surface area contributed by atoms with E-state index in [1.54, 1.807) is 18.0 Å². The van der Waals surface area contributed by atoms with Crippen LogP contribution in [-0.2, 0) is 7.05 Å². The van der Waals surface area contributed by atoms with Crippen LogP contribution in [0.3, 0.4) is 0 Å². The third-order valence-electron chi connectivity index (χ3n) is 4.55. The zero-order valence-electron chi connectivity index (χ0n) is 15.7. The van der Waals surface area contributed by atoms with Gasteiger partial charge in [0.05, 0.1) is 18.9 Å². The molecule has 4 aromatic heterocycles. The fourth-order valence-corrected chi connectivity index (χ4v) is 3.12. The summed E-state index contributed by atoms with van der Waals surface area (Å²) in [4.78, 5) is 7.64. The maximum atomic E-state index is 5.82. The highest BCUT2D eigenvalue weighted by Crippen LogP contribution is 2.31. The molecule has 29 heavy (non-hydrogen) atoms. The van der Waals surface area contributed by atoms with Crippen LogP contribution in [0, 0.1) is 0 Å². The molecule has 1 aromatic carbocycles. The van der Waals surface area contributed by atoms with Gasteiger partial charge in [-0.3, -0.25) is 4.68 Å². The van der Waals surface area contributed by atoms with Gasteiger partial charge in [0, 0.05) is 53.9 Å². The average molecular weight is 387 g/mol. The van der Waals surface area contributed by atoms with Gasteiger partial charge in [0.1, 0.15) is 11.4 Å². The van der Waals surface area contributed by atoms with Crippen LogP contribution in [0.5, 0.6) is 5.75 Å². The molecule has 5 aromatic rings. The monoisotopic (exact) mass is 387 g/mol.